The van der Waals surface area contributed by atoms with E-state index in [4.69, 9.17) is 34.8 Å². The van der Waals surface area contributed by atoms with Gasteiger partial charge in [-0.25, -0.2) is 0 Å². The average Bonchev–Trinajstić information content (AvgIpc) is 3.08. The second-order valence-corrected chi connectivity index (χ2v) is 8.23. The minimum absolute atomic E-state index is 0.211. The lowest BCUT2D eigenvalue weighted by atomic mass is 10.2. The van der Waals surface area contributed by atoms with Crippen molar-refractivity contribution < 1.29 is 4.79 Å². The molecule has 1 N–H and O–H groups in total. The van der Waals surface area contributed by atoms with E-state index in [0.717, 1.165) is 5.56 Å². The van der Waals surface area contributed by atoms with Crippen LogP contribution in [-0.2, 0) is 18.8 Å². The van der Waals surface area contributed by atoms with E-state index in [1.165, 1.54) is 11.8 Å². The second kappa shape index (κ2) is 10.2. The van der Waals surface area contributed by atoms with Crippen molar-refractivity contribution in [2.75, 3.05) is 0 Å². The Hall–Kier alpha value is -1.99. The molecule has 0 aliphatic rings. The minimum atomic E-state index is -0.211. The Kier molecular flexibility index (Phi) is 7.61. The van der Waals surface area contributed by atoms with Crippen LogP contribution in [0.3, 0.4) is 0 Å². The predicted molar refractivity (Wildman–Crippen MR) is 119 cm³/mol. The van der Waals surface area contributed by atoms with E-state index in [-0.39, 0.29) is 12.5 Å². The maximum absolute atomic E-state index is 12.3. The summed E-state index contributed by atoms with van der Waals surface area (Å²) < 4.78 is 1.91. The molecule has 0 saturated heterocycles. The summed E-state index contributed by atoms with van der Waals surface area (Å²) in [6.07, 6.45) is 1.76. The fourth-order valence-corrected chi connectivity index (χ4v) is 4.16. The van der Waals surface area contributed by atoms with Crippen LogP contribution in [0.2, 0.25) is 15.1 Å². The molecule has 1 aromatic heterocycles. The van der Waals surface area contributed by atoms with Gasteiger partial charge in [0.2, 0.25) is 0 Å². The van der Waals surface area contributed by atoms with Crippen LogP contribution in [0.1, 0.15) is 21.7 Å². The van der Waals surface area contributed by atoms with Crippen LogP contribution in [0, 0.1) is 0 Å². The van der Waals surface area contributed by atoms with Gasteiger partial charge in [-0.2, -0.15) is 0 Å². The first-order valence-corrected chi connectivity index (χ1v) is 10.7. The fourth-order valence-electron chi connectivity index (χ4n) is 2.51. The van der Waals surface area contributed by atoms with Crippen molar-refractivity contribution >= 4 is 52.5 Å². The molecular weight excluding hydrogens is 451 g/mol. The van der Waals surface area contributed by atoms with Crippen LogP contribution in [0.15, 0.2) is 60.3 Å². The smallest absolute Gasteiger partial charge is 0.251 e. The number of nitrogens with zero attached hydrogens (tertiary/aromatic N) is 3. The molecule has 0 unspecified atom stereocenters. The number of nitrogens with one attached hydrogen (secondary N) is 1. The molecule has 5 nitrogen and oxygen atoms in total. The SMILES string of the molecule is C=CCn1c(CNC(=O)c2ccc(Cl)cc2)nnc1SCc1ccc(Cl)cc1Cl. The first-order valence-electron chi connectivity index (χ1n) is 8.61. The summed E-state index contributed by atoms with van der Waals surface area (Å²) in [6, 6.07) is 12.1. The number of amides is 1. The molecule has 0 radical (unpaired) electrons. The number of carbonyl (C=O) groups excluding carboxylic acids is 1. The summed E-state index contributed by atoms with van der Waals surface area (Å²) in [6.45, 7) is 4.55. The number of aromatic nitrogens is 3. The molecule has 3 rings (SSSR count). The van der Waals surface area contributed by atoms with Gasteiger partial charge < -0.3 is 9.88 Å². The largest absolute Gasteiger partial charge is 0.345 e. The summed E-state index contributed by atoms with van der Waals surface area (Å²) in [5, 5.41) is 13.8. The fraction of sp³-hybridized carbons (Fsp3) is 0.150. The molecule has 0 fully saturated rings. The first-order chi connectivity index (χ1) is 14.0. The number of hydrogen-bond acceptors (Lipinski definition) is 4. The maximum Gasteiger partial charge on any atom is 0.251 e. The Labute approximate surface area is 188 Å². The van der Waals surface area contributed by atoms with Crippen molar-refractivity contribution in [2.45, 2.75) is 24.0 Å². The molecule has 0 bridgehead atoms. The van der Waals surface area contributed by atoms with Gasteiger partial charge in [0.05, 0.1) is 6.54 Å². The Bertz CT molecular complexity index is 1020. The van der Waals surface area contributed by atoms with E-state index in [1.54, 1.807) is 42.5 Å². The molecule has 0 aliphatic heterocycles. The van der Waals surface area contributed by atoms with Crippen LogP contribution in [0.4, 0.5) is 0 Å². The minimum Gasteiger partial charge on any atom is -0.345 e. The highest BCUT2D eigenvalue weighted by Gasteiger charge is 2.14. The third kappa shape index (κ3) is 5.76. The van der Waals surface area contributed by atoms with Gasteiger partial charge in [0.25, 0.3) is 5.91 Å². The molecular formula is C20H17Cl3N4OS. The molecule has 3 aromatic rings. The molecule has 0 atom stereocenters. The van der Waals surface area contributed by atoms with Gasteiger partial charge in [-0.1, -0.05) is 58.7 Å². The second-order valence-electron chi connectivity index (χ2n) is 6.01. The van der Waals surface area contributed by atoms with E-state index < -0.39 is 0 Å². The third-order valence-corrected chi connectivity index (χ3v) is 5.84. The summed E-state index contributed by atoms with van der Waals surface area (Å²) >= 11 is 19.5. The van der Waals surface area contributed by atoms with E-state index in [1.807, 2.05) is 10.6 Å². The Morgan fingerprint density at radius 3 is 2.52 bits per heavy atom. The number of thioether (sulfide) groups is 1. The number of halogens is 3. The van der Waals surface area contributed by atoms with Crippen molar-refractivity contribution in [3.05, 3.63) is 87.1 Å². The van der Waals surface area contributed by atoms with Crippen LogP contribution in [0.25, 0.3) is 0 Å². The van der Waals surface area contributed by atoms with Crippen molar-refractivity contribution in [1.82, 2.24) is 20.1 Å². The van der Waals surface area contributed by atoms with Crippen LogP contribution in [-0.4, -0.2) is 20.7 Å². The monoisotopic (exact) mass is 466 g/mol. The van der Waals surface area contributed by atoms with Crippen LogP contribution in [0.5, 0.6) is 0 Å². The van der Waals surface area contributed by atoms with Gasteiger partial charge in [-0.15, -0.1) is 16.8 Å². The van der Waals surface area contributed by atoms with Gasteiger partial charge in [0.15, 0.2) is 11.0 Å². The lowest BCUT2D eigenvalue weighted by molar-refractivity contribution is 0.0949. The summed E-state index contributed by atoms with van der Waals surface area (Å²) in [5.41, 5.74) is 1.47. The molecule has 9 heteroatoms. The highest BCUT2D eigenvalue weighted by Crippen LogP contribution is 2.28. The van der Waals surface area contributed by atoms with E-state index in [2.05, 4.69) is 22.1 Å². The van der Waals surface area contributed by atoms with Crippen LogP contribution >= 0.6 is 46.6 Å². The Morgan fingerprint density at radius 1 is 1.10 bits per heavy atom. The lowest BCUT2D eigenvalue weighted by Gasteiger charge is -2.09. The molecule has 150 valence electrons. The van der Waals surface area contributed by atoms with E-state index in [9.17, 15) is 4.79 Å². The standard InChI is InChI=1S/C20H17Cl3N4OS/c1-2-9-27-18(11-24-19(28)13-3-6-15(21)7-4-13)25-26-20(27)29-12-14-5-8-16(22)10-17(14)23/h2-8,10H,1,9,11-12H2,(H,24,28). The first kappa shape index (κ1) is 21.7. The number of carbonyl (C=O) groups is 1. The average molecular weight is 468 g/mol. The number of hydrogen-bond donors (Lipinski definition) is 1. The summed E-state index contributed by atoms with van der Waals surface area (Å²) in [5.74, 6) is 1.04. The van der Waals surface area contributed by atoms with Gasteiger partial charge in [-0.3, -0.25) is 4.79 Å². The van der Waals surface area contributed by atoms with Gasteiger partial charge in [-0.05, 0) is 42.0 Å². The van der Waals surface area contributed by atoms with E-state index >= 15 is 0 Å². The zero-order valence-electron chi connectivity index (χ0n) is 15.2. The van der Waals surface area contributed by atoms with Crippen molar-refractivity contribution in [2.24, 2.45) is 0 Å². The quantitative estimate of drug-likeness (QED) is 0.344. The highest BCUT2D eigenvalue weighted by atomic mass is 35.5. The Morgan fingerprint density at radius 2 is 1.83 bits per heavy atom. The van der Waals surface area contributed by atoms with Crippen molar-refractivity contribution in [3.8, 4) is 0 Å². The zero-order chi connectivity index (χ0) is 20.8. The topological polar surface area (TPSA) is 59.8 Å². The van der Waals surface area contributed by atoms with Gasteiger partial charge in [0.1, 0.15) is 0 Å². The van der Waals surface area contributed by atoms with Gasteiger partial charge >= 0.3 is 0 Å². The van der Waals surface area contributed by atoms with Gasteiger partial charge in [0, 0.05) is 32.9 Å². The zero-order valence-corrected chi connectivity index (χ0v) is 18.3. The number of allylic oxidation sites excluding steroid dienone is 1. The molecule has 1 amide bonds. The third-order valence-electron chi connectivity index (χ3n) is 3.99. The summed E-state index contributed by atoms with van der Waals surface area (Å²) in [4.78, 5) is 12.3. The molecule has 0 saturated carbocycles. The maximum atomic E-state index is 12.3. The summed E-state index contributed by atoms with van der Waals surface area (Å²) in [7, 11) is 0. The molecule has 0 aliphatic carbocycles. The Balaban J connectivity index is 1.68. The molecule has 2 aromatic carbocycles. The molecule has 29 heavy (non-hydrogen) atoms. The van der Waals surface area contributed by atoms with Crippen molar-refractivity contribution in [3.63, 3.8) is 0 Å². The predicted octanol–water partition coefficient (Wildman–Crippen LogP) is 5.65. The molecule has 1 heterocycles. The lowest BCUT2D eigenvalue weighted by Crippen LogP contribution is -2.24. The van der Waals surface area contributed by atoms with Crippen LogP contribution < -0.4 is 5.32 Å². The van der Waals surface area contributed by atoms with E-state index in [0.29, 0.717) is 43.9 Å². The highest BCUT2D eigenvalue weighted by molar-refractivity contribution is 7.98. The van der Waals surface area contributed by atoms with Crippen molar-refractivity contribution in [1.29, 1.82) is 0 Å². The number of rotatable bonds is 8. The molecule has 0 spiro atoms. The number of benzene rings is 2. The normalized spacial score (nSPS) is 10.7.